The van der Waals surface area contributed by atoms with Crippen LogP contribution in [0.5, 0.6) is 0 Å². The smallest absolute Gasteiger partial charge is 0.151 e. The first-order chi connectivity index (χ1) is 18.4. The van der Waals surface area contributed by atoms with E-state index in [2.05, 4.69) is 39.7 Å². The van der Waals surface area contributed by atoms with Gasteiger partial charge < -0.3 is 15.2 Å². The molecular formula is C28H31N7O2S. The Kier molecular flexibility index (Phi) is 6.60. The minimum atomic E-state index is -0.613. The zero-order valence-electron chi connectivity index (χ0n) is 21.6. The van der Waals surface area contributed by atoms with Gasteiger partial charge in [0.15, 0.2) is 5.01 Å². The average molecular weight is 530 g/mol. The second-order valence-corrected chi connectivity index (χ2v) is 11.7. The van der Waals surface area contributed by atoms with E-state index in [1.807, 2.05) is 35.8 Å². The molecule has 38 heavy (non-hydrogen) atoms. The van der Waals surface area contributed by atoms with Crippen molar-refractivity contribution in [3.8, 4) is 28.0 Å². The monoisotopic (exact) mass is 529 g/mol. The summed E-state index contributed by atoms with van der Waals surface area (Å²) >= 11 is 1.62. The van der Waals surface area contributed by atoms with Crippen LogP contribution in [0.25, 0.3) is 27.5 Å². The molecule has 0 radical (unpaired) electrons. The fraction of sp³-hybridized carbons (Fsp3) is 0.464. The van der Waals surface area contributed by atoms with Gasteiger partial charge in [-0.05, 0) is 69.2 Å². The van der Waals surface area contributed by atoms with Crippen LogP contribution < -0.4 is 5.32 Å². The molecule has 0 spiro atoms. The quantitative estimate of drug-likeness (QED) is 0.369. The molecule has 3 atom stereocenters. The van der Waals surface area contributed by atoms with E-state index in [-0.39, 0.29) is 5.92 Å². The van der Waals surface area contributed by atoms with Crippen LogP contribution in [0.1, 0.15) is 62.4 Å². The van der Waals surface area contributed by atoms with Crippen LogP contribution in [-0.4, -0.2) is 54.8 Å². The summed E-state index contributed by atoms with van der Waals surface area (Å²) in [5, 5.41) is 39.1. The Morgan fingerprint density at radius 1 is 1.18 bits per heavy atom. The number of ether oxygens (including phenoxy) is 1. The number of nitrogens with zero attached hydrogens (tertiary/aromatic N) is 6. The lowest BCUT2D eigenvalue weighted by Crippen LogP contribution is -2.37. The van der Waals surface area contributed by atoms with E-state index in [1.165, 1.54) is 0 Å². The number of anilines is 1. The van der Waals surface area contributed by atoms with Gasteiger partial charge in [-0.3, -0.25) is 4.98 Å². The zero-order valence-corrected chi connectivity index (χ0v) is 22.4. The normalized spacial score (nSPS) is 24.4. The molecular weight excluding hydrogens is 498 g/mol. The molecule has 1 unspecified atom stereocenters. The molecule has 1 aliphatic heterocycles. The Morgan fingerprint density at radius 3 is 2.82 bits per heavy atom. The number of rotatable bonds is 5. The zero-order chi connectivity index (χ0) is 26.3. The van der Waals surface area contributed by atoms with E-state index in [1.54, 1.807) is 17.5 Å². The Balaban J connectivity index is 1.35. The lowest BCUT2D eigenvalue weighted by Gasteiger charge is -2.38. The number of fused-ring (bicyclic) bond motifs is 1. The van der Waals surface area contributed by atoms with Crippen LogP contribution in [0.2, 0.25) is 0 Å². The minimum Gasteiger partial charge on any atom is -0.390 e. The van der Waals surface area contributed by atoms with Gasteiger partial charge in [0.1, 0.15) is 11.1 Å². The average Bonchev–Trinajstić information content (AvgIpc) is 3.58. The molecule has 2 N–H and O–H groups in total. The summed E-state index contributed by atoms with van der Waals surface area (Å²) in [6.45, 7) is 5.54. The number of nitriles is 1. The van der Waals surface area contributed by atoms with Crippen LogP contribution >= 0.6 is 11.3 Å². The molecule has 1 saturated carbocycles. The Bertz CT molecular complexity index is 1500. The Morgan fingerprint density at radius 2 is 2.03 bits per heavy atom. The molecule has 0 aromatic carbocycles. The second-order valence-electron chi connectivity index (χ2n) is 10.7. The van der Waals surface area contributed by atoms with Crippen molar-refractivity contribution in [2.45, 2.75) is 63.5 Å². The van der Waals surface area contributed by atoms with Crippen molar-refractivity contribution >= 4 is 22.5 Å². The molecule has 2 aliphatic rings. The highest BCUT2D eigenvalue weighted by molar-refractivity contribution is 7.14. The summed E-state index contributed by atoms with van der Waals surface area (Å²) < 4.78 is 7.38. The van der Waals surface area contributed by atoms with Crippen LogP contribution in [0.4, 0.5) is 5.69 Å². The molecule has 6 rings (SSSR count). The molecule has 2 fully saturated rings. The molecule has 5 heterocycles. The topological polar surface area (TPSA) is 121 Å². The van der Waals surface area contributed by atoms with E-state index in [9.17, 15) is 10.4 Å². The Labute approximate surface area is 225 Å². The van der Waals surface area contributed by atoms with Gasteiger partial charge in [-0.25, -0.2) is 4.52 Å². The summed E-state index contributed by atoms with van der Waals surface area (Å²) in [6.07, 6.45) is 7.91. The minimum absolute atomic E-state index is 0.218. The van der Waals surface area contributed by atoms with Crippen LogP contribution in [-0.2, 0) is 4.74 Å². The SMILES string of the molecule is C[C@H]1CC(c2nnc(-c3cnc(-c4ccc5cc(C#N)cnn45)cc3NC3CCOCC3)s2)CC[C@]1(C)O. The highest BCUT2D eigenvalue weighted by atomic mass is 32.1. The fourth-order valence-corrected chi connectivity index (χ4v) is 6.46. The van der Waals surface area contributed by atoms with Crippen LogP contribution in [0, 0.1) is 17.2 Å². The van der Waals surface area contributed by atoms with Gasteiger partial charge in [-0.2, -0.15) is 10.4 Å². The number of aromatic nitrogens is 5. The third kappa shape index (κ3) is 4.77. The van der Waals surface area contributed by atoms with Crippen LogP contribution in [0.3, 0.4) is 0 Å². The summed E-state index contributed by atoms with van der Waals surface area (Å²) in [5.41, 5.74) is 4.29. The highest BCUT2D eigenvalue weighted by Crippen LogP contribution is 2.44. The van der Waals surface area contributed by atoms with Crippen molar-refractivity contribution in [3.63, 3.8) is 0 Å². The van der Waals surface area contributed by atoms with Crippen LogP contribution in [0.15, 0.2) is 36.7 Å². The molecule has 10 heteroatoms. The largest absolute Gasteiger partial charge is 0.390 e. The van der Waals surface area contributed by atoms with E-state index < -0.39 is 5.60 Å². The molecule has 1 aliphatic carbocycles. The van der Waals surface area contributed by atoms with Crippen molar-refractivity contribution in [3.05, 3.63) is 47.2 Å². The van der Waals surface area contributed by atoms with E-state index >= 15 is 0 Å². The summed E-state index contributed by atoms with van der Waals surface area (Å²) in [5.74, 6) is 0.530. The van der Waals surface area contributed by atoms with Crippen molar-refractivity contribution in [2.24, 2.45) is 5.92 Å². The van der Waals surface area contributed by atoms with Gasteiger partial charge in [0.05, 0.1) is 39.8 Å². The van der Waals surface area contributed by atoms with Gasteiger partial charge in [0.2, 0.25) is 0 Å². The number of pyridine rings is 1. The molecule has 0 bridgehead atoms. The number of hydrogen-bond donors (Lipinski definition) is 2. The second kappa shape index (κ2) is 10.1. The first-order valence-electron chi connectivity index (χ1n) is 13.2. The van der Waals surface area contributed by atoms with Crippen molar-refractivity contribution in [1.29, 1.82) is 5.26 Å². The number of hydrogen-bond acceptors (Lipinski definition) is 9. The first kappa shape index (κ1) is 24.9. The molecule has 4 aromatic rings. The molecule has 4 aromatic heterocycles. The van der Waals surface area contributed by atoms with E-state index in [0.717, 1.165) is 83.5 Å². The maximum atomic E-state index is 10.6. The standard InChI is InChI=1S/C28H31N7O2S/c1-17-11-19(5-8-28(17,2)36)26-33-34-27(38-26)22-16-30-24(13-23(22)32-20-6-9-37-10-7-20)25-4-3-21-12-18(14-29)15-31-35(21)25/h3-4,12-13,15-17,19-20,36H,5-11H2,1-2H3,(H,30,32)/t17-,19?,28-/m0/s1. The lowest BCUT2D eigenvalue weighted by atomic mass is 9.73. The predicted molar refractivity (Wildman–Crippen MR) is 146 cm³/mol. The predicted octanol–water partition coefficient (Wildman–Crippen LogP) is 5.03. The summed E-state index contributed by atoms with van der Waals surface area (Å²) in [6, 6.07) is 10.3. The molecule has 0 amide bonds. The molecule has 196 valence electrons. The maximum Gasteiger partial charge on any atom is 0.151 e. The van der Waals surface area contributed by atoms with Gasteiger partial charge in [0.25, 0.3) is 0 Å². The van der Waals surface area contributed by atoms with Crippen molar-refractivity contribution in [1.82, 2.24) is 24.8 Å². The van der Waals surface area contributed by atoms with Crippen molar-refractivity contribution in [2.75, 3.05) is 18.5 Å². The third-order valence-corrected chi connectivity index (χ3v) is 9.21. The summed E-state index contributed by atoms with van der Waals surface area (Å²) in [7, 11) is 0. The number of aliphatic hydroxyl groups is 1. The van der Waals surface area contributed by atoms with E-state index in [4.69, 9.17) is 9.72 Å². The van der Waals surface area contributed by atoms with Gasteiger partial charge >= 0.3 is 0 Å². The molecule has 9 nitrogen and oxygen atoms in total. The fourth-order valence-electron chi connectivity index (χ4n) is 5.45. The lowest BCUT2D eigenvalue weighted by molar-refractivity contribution is -0.0295. The summed E-state index contributed by atoms with van der Waals surface area (Å²) in [4.78, 5) is 4.81. The van der Waals surface area contributed by atoms with Gasteiger partial charge in [0, 0.05) is 37.1 Å². The Hall–Kier alpha value is -3.39. The number of nitrogens with one attached hydrogen (secondary N) is 1. The first-order valence-corrected chi connectivity index (χ1v) is 14.0. The third-order valence-electron chi connectivity index (χ3n) is 8.10. The maximum absolute atomic E-state index is 10.6. The van der Waals surface area contributed by atoms with Crippen molar-refractivity contribution < 1.29 is 9.84 Å². The van der Waals surface area contributed by atoms with Gasteiger partial charge in [-0.1, -0.05) is 18.3 Å². The highest BCUT2D eigenvalue weighted by Gasteiger charge is 2.37. The van der Waals surface area contributed by atoms with Gasteiger partial charge in [-0.15, -0.1) is 10.2 Å². The molecule has 1 saturated heterocycles. The van der Waals surface area contributed by atoms with E-state index in [0.29, 0.717) is 17.5 Å².